The van der Waals surface area contributed by atoms with Crippen LogP contribution in [0.5, 0.6) is 0 Å². The zero-order chi connectivity index (χ0) is 16.2. The number of aromatic carboxylic acids is 1. The number of benzene rings is 1. The van der Waals surface area contributed by atoms with E-state index in [1.807, 2.05) is 13.8 Å². The molecule has 8 heteroatoms. The van der Waals surface area contributed by atoms with Crippen molar-refractivity contribution in [2.24, 2.45) is 5.92 Å². The molecule has 0 fully saturated rings. The van der Waals surface area contributed by atoms with Crippen molar-refractivity contribution in [2.45, 2.75) is 24.8 Å². The smallest absolute Gasteiger partial charge is 0.337 e. The molecule has 7 nitrogen and oxygen atoms in total. The molecule has 0 heterocycles. The zero-order valence-corrected chi connectivity index (χ0v) is 13.0. The Kier molecular flexibility index (Phi) is 5.70. The fourth-order valence-electron chi connectivity index (χ4n) is 1.75. The molecule has 0 aliphatic heterocycles. The van der Waals surface area contributed by atoms with Gasteiger partial charge in [0, 0.05) is 18.8 Å². The van der Waals surface area contributed by atoms with Gasteiger partial charge in [0.15, 0.2) is 0 Å². The lowest BCUT2D eigenvalue weighted by Crippen LogP contribution is -2.42. The number of rotatable bonds is 7. The Morgan fingerprint density at radius 3 is 2.52 bits per heavy atom. The van der Waals surface area contributed by atoms with Crippen LogP contribution in [0.4, 0.5) is 5.69 Å². The molecular formula is C13H20N2O5S. The van der Waals surface area contributed by atoms with E-state index in [1.54, 1.807) is 0 Å². The van der Waals surface area contributed by atoms with Crippen molar-refractivity contribution in [1.29, 1.82) is 0 Å². The second-order valence-corrected chi connectivity index (χ2v) is 6.67. The number of hydrogen-bond donors (Lipinski definition) is 3. The standard InChI is InChI=1S/C13H20N2O5S/c1-8(2)11(7-20-3)15-21(18,19)12-5-4-9(14)6-10(12)13(16)17/h4-6,8,11,15H,7,14H2,1-3H3,(H,16,17). The molecule has 1 unspecified atom stereocenters. The Morgan fingerprint density at radius 2 is 2.05 bits per heavy atom. The molecule has 0 saturated heterocycles. The molecule has 1 aromatic rings. The van der Waals surface area contributed by atoms with Crippen LogP contribution >= 0.6 is 0 Å². The maximum atomic E-state index is 12.4. The number of carboxylic acid groups (broad SMARTS) is 1. The van der Waals surface area contributed by atoms with E-state index in [9.17, 15) is 13.2 Å². The summed E-state index contributed by atoms with van der Waals surface area (Å²) in [4.78, 5) is 10.9. The lowest BCUT2D eigenvalue weighted by atomic mass is 10.1. The van der Waals surface area contributed by atoms with Crippen molar-refractivity contribution >= 4 is 21.7 Å². The van der Waals surface area contributed by atoms with Crippen LogP contribution in [0.2, 0.25) is 0 Å². The molecule has 1 rings (SSSR count). The summed E-state index contributed by atoms with van der Waals surface area (Å²) < 4.78 is 32.2. The van der Waals surface area contributed by atoms with Crippen molar-refractivity contribution in [3.05, 3.63) is 23.8 Å². The van der Waals surface area contributed by atoms with Crippen LogP contribution < -0.4 is 10.5 Å². The van der Waals surface area contributed by atoms with E-state index in [0.29, 0.717) is 0 Å². The molecule has 0 aliphatic rings. The van der Waals surface area contributed by atoms with Crippen molar-refractivity contribution < 1.29 is 23.1 Å². The maximum absolute atomic E-state index is 12.4. The molecule has 0 spiro atoms. The summed E-state index contributed by atoms with van der Waals surface area (Å²) in [5.41, 5.74) is 5.33. The van der Waals surface area contributed by atoms with Gasteiger partial charge in [0.05, 0.1) is 17.1 Å². The van der Waals surface area contributed by atoms with E-state index in [1.165, 1.54) is 19.2 Å². The summed E-state index contributed by atoms with van der Waals surface area (Å²) in [6.45, 7) is 3.87. The van der Waals surface area contributed by atoms with Gasteiger partial charge >= 0.3 is 5.97 Å². The average Bonchev–Trinajstić information content (AvgIpc) is 2.37. The fraction of sp³-hybridized carbons (Fsp3) is 0.462. The molecule has 0 aromatic heterocycles. The van der Waals surface area contributed by atoms with Crippen LogP contribution in [0.25, 0.3) is 0 Å². The topological polar surface area (TPSA) is 119 Å². The number of nitrogen functional groups attached to an aromatic ring is 1. The first-order chi connectivity index (χ1) is 9.69. The van der Waals surface area contributed by atoms with Gasteiger partial charge in [-0.05, 0) is 24.1 Å². The van der Waals surface area contributed by atoms with Gasteiger partial charge in [-0.3, -0.25) is 0 Å². The van der Waals surface area contributed by atoms with Crippen LogP contribution in [0, 0.1) is 5.92 Å². The van der Waals surface area contributed by atoms with Crippen molar-refractivity contribution in [1.82, 2.24) is 4.72 Å². The van der Waals surface area contributed by atoms with Gasteiger partial charge in [0.1, 0.15) is 0 Å². The van der Waals surface area contributed by atoms with Crippen LogP contribution in [-0.2, 0) is 14.8 Å². The normalized spacial score (nSPS) is 13.3. The number of hydrogen-bond acceptors (Lipinski definition) is 5. The number of nitrogens with one attached hydrogen (secondary N) is 1. The Labute approximate surface area is 124 Å². The summed E-state index contributed by atoms with van der Waals surface area (Å²) in [6, 6.07) is 3.20. The highest BCUT2D eigenvalue weighted by Gasteiger charge is 2.26. The number of sulfonamides is 1. The first-order valence-corrected chi connectivity index (χ1v) is 7.81. The zero-order valence-electron chi connectivity index (χ0n) is 12.2. The maximum Gasteiger partial charge on any atom is 0.337 e. The van der Waals surface area contributed by atoms with Crippen LogP contribution in [-0.4, -0.2) is 39.3 Å². The van der Waals surface area contributed by atoms with Crippen molar-refractivity contribution in [3.63, 3.8) is 0 Å². The monoisotopic (exact) mass is 316 g/mol. The quantitative estimate of drug-likeness (QED) is 0.644. The highest BCUT2D eigenvalue weighted by atomic mass is 32.2. The summed E-state index contributed by atoms with van der Waals surface area (Å²) in [5, 5.41) is 9.13. The minimum Gasteiger partial charge on any atom is -0.478 e. The van der Waals surface area contributed by atoms with Gasteiger partial charge in [-0.1, -0.05) is 13.8 Å². The largest absolute Gasteiger partial charge is 0.478 e. The Bertz CT molecular complexity index is 613. The number of carbonyl (C=O) groups is 1. The van der Waals surface area contributed by atoms with Gasteiger partial charge in [-0.15, -0.1) is 0 Å². The summed E-state index contributed by atoms with van der Waals surface area (Å²) in [6.07, 6.45) is 0. The number of anilines is 1. The van der Waals surface area contributed by atoms with Crippen LogP contribution in [0.3, 0.4) is 0 Å². The van der Waals surface area contributed by atoms with Crippen LogP contribution in [0.1, 0.15) is 24.2 Å². The van der Waals surface area contributed by atoms with Gasteiger partial charge in [0.2, 0.25) is 10.0 Å². The predicted molar refractivity (Wildman–Crippen MR) is 78.6 cm³/mol. The van der Waals surface area contributed by atoms with E-state index in [-0.39, 0.29) is 28.7 Å². The van der Waals surface area contributed by atoms with E-state index >= 15 is 0 Å². The molecule has 0 aliphatic carbocycles. The molecule has 0 amide bonds. The first kappa shape index (κ1) is 17.4. The Hall–Kier alpha value is -1.64. The van der Waals surface area contributed by atoms with Gasteiger partial charge < -0.3 is 15.6 Å². The average molecular weight is 316 g/mol. The number of carboxylic acids is 1. The number of nitrogens with two attached hydrogens (primary N) is 1. The third kappa shape index (κ3) is 4.42. The first-order valence-electron chi connectivity index (χ1n) is 6.33. The number of methoxy groups -OCH3 is 1. The van der Waals surface area contributed by atoms with Crippen molar-refractivity contribution in [2.75, 3.05) is 19.5 Å². The number of ether oxygens (including phenoxy) is 1. The molecule has 118 valence electrons. The molecule has 0 saturated carbocycles. The molecular weight excluding hydrogens is 296 g/mol. The van der Waals surface area contributed by atoms with E-state index in [2.05, 4.69) is 4.72 Å². The van der Waals surface area contributed by atoms with Gasteiger partial charge in [-0.2, -0.15) is 0 Å². The van der Waals surface area contributed by atoms with Gasteiger partial charge in [0.25, 0.3) is 0 Å². The second-order valence-electron chi connectivity index (χ2n) is 4.99. The molecule has 0 radical (unpaired) electrons. The molecule has 0 bridgehead atoms. The van der Waals surface area contributed by atoms with Crippen LogP contribution in [0.15, 0.2) is 23.1 Å². The summed E-state index contributed by atoms with van der Waals surface area (Å²) in [5.74, 6) is -1.36. The highest BCUT2D eigenvalue weighted by Crippen LogP contribution is 2.20. The van der Waals surface area contributed by atoms with E-state index < -0.39 is 22.0 Å². The van der Waals surface area contributed by atoms with E-state index in [4.69, 9.17) is 15.6 Å². The third-order valence-electron chi connectivity index (χ3n) is 2.98. The molecule has 4 N–H and O–H groups in total. The van der Waals surface area contributed by atoms with Gasteiger partial charge in [-0.25, -0.2) is 17.9 Å². The molecule has 21 heavy (non-hydrogen) atoms. The fourth-order valence-corrected chi connectivity index (χ4v) is 3.30. The molecule has 1 atom stereocenters. The Morgan fingerprint density at radius 1 is 1.43 bits per heavy atom. The third-order valence-corrected chi connectivity index (χ3v) is 4.53. The van der Waals surface area contributed by atoms with E-state index in [0.717, 1.165) is 6.07 Å². The Balaban J connectivity index is 3.22. The van der Waals surface area contributed by atoms with Crippen molar-refractivity contribution in [3.8, 4) is 0 Å². The minimum absolute atomic E-state index is 0.0122. The summed E-state index contributed by atoms with van der Waals surface area (Å²) >= 11 is 0. The SMILES string of the molecule is COCC(NS(=O)(=O)c1ccc(N)cc1C(=O)O)C(C)C. The summed E-state index contributed by atoms with van der Waals surface area (Å²) in [7, 11) is -2.52. The lowest BCUT2D eigenvalue weighted by molar-refractivity contribution is 0.0692. The minimum atomic E-state index is -3.99. The molecule has 1 aromatic carbocycles. The lowest BCUT2D eigenvalue weighted by Gasteiger charge is -2.22. The predicted octanol–water partition coefficient (Wildman–Crippen LogP) is 0.916. The second kappa shape index (κ2) is 6.88. The highest BCUT2D eigenvalue weighted by molar-refractivity contribution is 7.89.